The summed E-state index contributed by atoms with van der Waals surface area (Å²) in [6.07, 6.45) is 0. The summed E-state index contributed by atoms with van der Waals surface area (Å²) in [6, 6.07) is 9.65. The van der Waals surface area contributed by atoms with E-state index >= 15 is 0 Å². The third kappa shape index (κ3) is 5.04. The van der Waals surface area contributed by atoms with Gasteiger partial charge in [0, 0.05) is 6.54 Å². The van der Waals surface area contributed by atoms with Crippen LogP contribution in [0.15, 0.2) is 52.3 Å². The molecule has 2 aromatic carbocycles. The Bertz CT molecular complexity index is 1050. The zero-order valence-electron chi connectivity index (χ0n) is 14.6. The van der Waals surface area contributed by atoms with Crippen molar-refractivity contribution in [2.75, 3.05) is 14.2 Å². The van der Waals surface area contributed by atoms with Crippen LogP contribution in [0.1, 0.15) is 15.9 Å². The SMILES string of the molecule is CNS(=O)(=O)c1ccc(CNC(=O)c2cc(S(N)(=O)=O)ccc2OC)cc1. The molecular weight excluding hydrogens is 394 g/mol. The maximum Gasteiger partial charge on any atom is 0.255 e. The molecule has 0 aliphatic rings. The average molecular weight is 413 g/mol. The summed E-state index contributed by atoms with van der Waals surface area (Å²) in [4.78, 5) is 12.3. The van der Waals surface area contributed by atoms with E-state index in [1.54, 1.807) is 12.1 Å². The number of methoxy groups -OCH3 is 1. The van der Waals surface area contributed by atoms with Crippen LogP contribution in [-0.4, -0.2) is 36.9 Å². The molecule has 2 aromatic rings. The number of rotatable bonds is 7. The lowest BCUT2D eigenvalue weighted by atomic mass is 10.1. The van der Waals surface area contributed by atoms with E-state index in [-0.39, 0.29) is 27.6 Å². The highest BCUT2D eigenvalue weighted by Crippen LogP contribution is 2.22. The zero-order chi connectivity index (χ0) is 20.2. The molecule has 1 amide bonds. The first kappa shape index (κ1) is 20.8. The Morgan fingerprint density at radius 3 is 2.15 bits per heavy atom. The smallest absolute Gasteiger partial charge is 0.255 e. The molecule has 0 saturated carbocycles. The lowest BCUT2D eigenvalue weighted by Crippen LogP contribution is -2.24. The number of benzene rings is 2. The number of sulfonamides is 2. The van der Waals surface area contributed by atoms with Crippen molar-refractivity contribution in [3.63, 3.8) is 0 Å². The summed E-state index contributed by atoms with van der Waals surface area (Å²) < 4.78 is 53.6. The van der Waals surface area contributed by atoms with Gasteiger partial charge >= 0.3 is 0 Å². The van der Waals surface area contributed by atoms with E-state index in [0.29, 0.717) is 5.56 Å². The van der Waals surface area contributed by atoms with Crippen LogP contribution < -0.4 is 19.9 Å². The van der Waals surface area contributed by atoms with E-state index in [9.17, 15) is 21.6 Å². The summed E-state index contributed by atoms with van der Waals surface area (Å²) in [7, 11) is -4.85. The second-order valence-corrected chi connectivity index (χ2v) is 8.89. The first-order valence-corrected chi connectivity index (χ1v) is 10.6. The highest BCUT2D eigenvalue weighted by atomic mass is 32.2. The molecule has 0 unspecified atom stereocenters. The van der Waals surface area contributed by atoms with E-state index in [1.807, 2.05) is 0 Å². The molecule has 0 fully saturated rings. The highest BCUT2D eigenvalue weighted by Gasteiger charge is 2.17. The molecule has 0 heterocycles. The van der Waals surface area contributed by atoms with Crippen LogP contribution in [0, 0.1) is 0 Å². The van der Waals surface area contributed by atoms with Gasteiger partial charge in [-0.25, -0.2) is 26.7 Å². The molecule has 0 saturated heterocycles. The summed E-state index contributed by atoms with van der Waals surface area (Å²) in [5.41, 5.74) is 0.665. The lowest BCUT2D eigenvalue weighted by Gasteiger charge is -2.11. The number of hydrogen-bond donors (Lipinski definition) is 3. The van der Waals surface area contributed by atoms with Crippen molar-refractivity contribution in [3.05, 3.63) is 53.6 Å². The first-order chi connectivity index (χ1) is 12.6. The molecule has 0 bridgehead atoms. The number of ether oxygens (including phenoxy) is 1. The minimum absolute atomic E-state index is 0.0124. The highest BCUT2D eigenvalue weighted by molar-refractivity contribution is 7.89. The van der Waals surface area contributed by atoms with Crippen LogP contribution in [0.3, 0.4) is 0 Å². The van der Waals surface area contributed by atoms with Gasteiger partial charge < -0.3 is 10.1 Å². The zero-order valence-corrected chi connectivity index (χ0v) is 16.2. The number of hydrogen-bond acceptors (Lipinski definition) is 6. The van der Waals surface area contributed by atoms with Gasteiger partial charge in [-0.05, 0) is 42.9 Å². The molecule has 11 heteroatoms. The van der Waals surface area contributed by atoms with Crippen LogP contribution in [0.5, 0.6) is 5.75 Å². The van der Waals surface area contributed by atoms with Gasteiger partial charge in [-0.3, -0.25) is 4.79 Å². The van der Waals surface area contributed by atoms with E-state index in [0.717, 1.165) is 6.07 Å². The normalized spacial score (nSPS) is 11.8. The van der Waals surface area contributed by atoms with Crippen LogP contribution >= 0.6 is 0 Å². The van der Waals surface area contributed by atoms with Crippen molar-refractivity contribution in [2.24, 2.45) is 5.14 Å². The maximum absolute atomic E-state index is 12.4. The third-order valence-electron chi connectivity index (χ3n) is 3.70. The Hall–Kier alpha value is -2.47. The molecular formula is C16H19N3O6S2. The van der Waals surface area contributed by atoms with E-state index in [4.69, 9.17) is 9.88 Å². The largest absolute Gasteiger partial charge is 0.496 e. The third-order valence-corrected chi connectivity index (χ3v) is 6.04. The van der Waals surface area contributed by atoms with Crippen molar-refractivity contribution in [1.29, 1.82) is 0 Å². The van der Waals surface area contributed by atoms with E-state index in [2.05, 4.69) is 10.0 Å². The van der Waals surface area contributed by atoms with Crippen molar-refractivity contribution in [2.45, 2.75) is 16.3 Å². The quantitative estimate of drug-likeness (QED) is 0.590. The molecule has 0 aromatic heterocycles. The molecule has 2 rings (SSSR count). The predicted octanol–water partition coefficient (Wildman–Crippen LogP) is 0.181. The van der Waals surface area contributed by atoms with Crippen molar-refractivity contribution in [1.82, 2.24) is 10.0 Å². The van der Waals surface area contributed by atoms with Gasteiger partial charge in [-0.15, -0.1) is 0 Å². The van der Waals surface area contributed by atoms with Crippen molar-refractivity contribution >= 4 is 26.0 Å². The molecule has 0 spiro atoms. The predicted molar refractivity (Wildman–Crippen MR) is 98.2 cm³/mol. The summed E-state index contributed by atoms with van der Waals surface area (Å²) in [6.45, 7) is 0.0987. The molecule has 146 valence electrons. The minimum atomic E-state index is -3.97. The fourth-order valence-electron chi connectivity index (χ4n) is 2.22. The van der Waals surface area contributed by atoms with Gasteiger partial charge in [0.15, 0.2) is 0 Å². The maximum atomic E-state index is 12.4. The van der Waals surface area contributed by atoms with Gasteiger partial charge in [0.2, 0.25) is 20.0 Å². The summed E-state index contributed by atoms with van der Waals surface area (Å²) in [5.74, 6) is -0.375. The Labute approximate surface area is 157 Å². The van der Waals surface area contributed by atoms with Gasteiger partial charge in [0.1, 0.15) is 5.75 Å². The number of nitrogens with one attached hydrogen (secondary N) is 2. The number of carbonyl (C=O) groups is 1. The standard InChI is InChI=1S/C16H19N3O6S2/c1-18-27(23,24)12-5-3-11(4-6-12)10-19-16(20)14-9-13(26(17,21)22)7-8-15(14)25-2/h3-9,18H,10H2,1-2H3,(H,19,20)(H2,17,21,22). The first-order valence-electron chi connectivity index (χ1n) is 7.60. The molecule has 0 atom stereocenters. The Morgan fingerprint density at radius 1 is 1.04 bits per heavy atom. The number of primary sulfonamides is 1. The second-order valence-electron chi connectivity index (χ2n) is 5.44. The number of carbonyl (C=O) groups excluding carboxylic acids is 1. The van der Waals surface area contributed by atoms with Crippen molar-refractivity contribution < 1.29 is 26.4 Å². The van der Waals surface area contributed by atoms with Crippen LogP contribution in [-0.2, 0) is 26.6 Å². The molecule has 4 N–H and O–H groups in total. The second kappa shape index (κ2) is 8.05. The van der Waals surface area contributed by atoms with Gasteiger partial charge in [-0.2, -0.15) is 0 Å². The molecule has 0 radical (unpaired) electrons. The summed E-state index contributed by atoms with van der Waals surface area (Å²) >= 11 is 0. The van der Waals surface area contributed by atoms with Crippen LogP contribution in [0.25, 0.3) is 0 Å². The van der Waals surface area contributed by atoms with E-state index < -0.39 is 26.0 Å². The Balaban J connectivity index is 2.18. The lowest BCUT2D eigenvalue weighted by molar-refractivity contribution is 0.0947. The Morgan fingerprint density at radius 2 is 1.63 bits per heavy atom. The van der Waals surface area contributed by atoms with Crippen LogP contribution in [0.2, 0.25) is 0 Å². The summed E-state index contributed by atoms with van der Waals surface area (Å²) in [5, 5.41) is 7.71. The van der Waals surface area contributed by atoms with Crippen LogP contribution in [0.4, 0.5) is 0 Å². The van der Waals surface area contributed by atoms with Crippen molar-refractivity contribution in [3.8, 4) is 5.75 Å². The fraction of sp³-hybridized carbons (Fsp3) is 0.188. The molecule has 0 aliphatic carbocycles. The minimum Gasteiger partial charge on any atom is -0.496 e. The fourth-order valence-corrected chi connectivity index (χ4v) is 3.49. The molecule has 9 nitrogen and oxygen atoms in total. The number of amides is 1. The number of nitrogens with two attached hydrogens (primary N) is 1. The van der Waals surface area contributed by atoms with Gasteiger partial charge in [0.25, 0.3) is 5.91 Å². The molecule has 27 heavy (non-hydrogen) atoms. The van der Waals surface area contributed by atoms with E-state index in [1.165, 1.54) is 38.4 Å². The molecule has 0 aliphatic heterocycles. The van der Waals surface area contributed by atoms with Gasteiger partial charge in [0.05, 0.1) is 22.5 Å². The average Bonchev–Trinajstić information content (AvgIpc) is 2.65. The Kier molecular flexibility index (Phi) is 6.21. The monoisotopic (exact) mass is 413 g/mol. The topological polar surface area (TPSA) is 145 Å². The van der Waals surface area contributed by atoms with Gasteiger partial charge in [-0.1, -0.05) is 12.1 Å².